The maximum Gasteiger partial charge on any atom is 0.433 e. The molecule has 1 aliphatic carbocycles. The van der Waals surface area contributed by atoms with Crippen molar-refractivity contribution in [1.82, 2.24) is 19.7 Å². The summed E-state index contributed by atoms with van der Waals surface area (Å²) in [7, 11) is 0. The number of carbonyl (C=O) groups is 3. The fourth-order valence-corrected chi connectivity index (χ4v) is 5.71. The zero-order valence-corrected chi connectivity index (χ0v) is 22.5. The zero-order valence-electron chi connectivity index (χ0n) is 21.0. The fourth-order valence-electron chi connectivity index (χ4n) is 5.13. The molecule has 14 heteroatoms. The van der Waals surface area contributed by atoms with Crippen molar-refractivity contribution in [2.45, 2.75) is 63.8 Å². The molecule has 0 aromatic carbocycles. The van der Waals surface area contributed by atoms with Gasteiger partial charge in [-0.25, -0.2) is 0 Å². The number of aliphatic carboxylic acids is 1. The first kappa shape index (κ1) is 29.3. The third-order valence-corrected chi connectivity index (χ3v) is 7.99. The third kappa shape index (κ3) is 6.22. The summed E-state index contributed by atoms with van der Waals surface area (Å²) in [4.78, 5) is 43.1. The van der Waals surface area contributed by atoms with Crippen LogP contribution in [0.2, 0.25) is 10.0 Å². The van der Waals surface area contributed by atoms with Crippen LogP contribution in [-0.4, -0.2) is 68.2 Å². The summed E-state index contributed by atoms with van der Waals surface area (Å²) in [6, 6.07) is -0.738. The van der Waals surface area contributed by atoms with Crippen LogP contribution in [0, 0.1) is 5.41 Å². The molecule has 9 nitrogen and oxygen atoms in total. The van der Waals surface area contributed by atoms with Crippen LogP contribution in [0.5, 0.6) is 0 Å². The molecule has 4 rings (SSSR count). The number of hydrogen-bond donors (Lipinski definition) is 1. The molecule has 1 amide bonds. The lowest BCUT2D eigenvalue weighted by Crippen LogP contribution is -2.41. The maximum atomic E-state index is 14.4. The second-order valence-corrected chi connectivity index (χ2v) is 11.0. The number of rotatable bonds is 8. The molecular weight excluding hydrogens is 564 g/mol. The van der Waals surface area contributed by atoms with E-state index in [0.717, 1.165) is 15.8 Å². The highest BCUT2D eigenvalue weighted by atomic mass is 35.5. The Morgan fingerprint density at radius 3 is 2.33 bits per heavy atom. The van der Waals surface area contributed by atoms with Gasteiger partial charge in [0.2, 0.25) is 0 Å². The Hall–Kier alpha value is -2.70. The second kappa shape index (κ2) is 11.4. The SMILES string of the molecule is C[C@]1(C(=O)O)CC[C@H](n2ncc(C(=O)N(CC(=O)c3c(Cl)cncc3Cl)C[C@H]3CCCO3)c2C(F)(F)F)CC1. The first-order chi connectivity index (χ1) is 18.3. The number of pyridine rings is 1. The minimum absolute atomic E-state index is 0.0496. The minimum Gasteiger partial charge on any atom is -0.481 e. The van der Waals surface area contributed by atoms with Gasteiger partial charge < -0.3 is 14.7 Å². The number of ether oxygens (including phenoxy) is 1. The van der Waals surface area contributed by atoms with E-state index in [1.807, 2.05) is 0 Å². The summed E-state index contributed by atoms with van der Waals surface area (Å²) in [5.41, 5.74) is -3.06. The van der Waals surface area contributed by atoms with Crippen LogP contribution in [0.25, 0.3) is 0 Å². The van der Waals surface area contributed by atoms with Crippen LogP contribution in [0.1, 0.15) is 77.9 Å². The van der Waals surface area contributed by atoms with Crippen molar-refractivity contribution in [1.29, 1.82) is 0 Å². The topological polar surface area (TPSA) is 115 Å². The van der Waals surface area contributed by atoms with Gasteiger partial charge in [-0.2, -0.15) is 18.3 Å². The third-order valence-electron chi connectivity index (χ3n) is 7.42. The largest absolute Gasteiger partial charge is 0.481 e. The lowest BCUT2D eigenvalue weighted by Gasteiger charge is -2.34. The Labute approximate surface area is 232 Å². The average molecular weight is 591 g/mol. The van der Waals surface area contributed by atoms with E-state index in [9.17, 15) is 32.7 Å². The molecule has 2 aromatic rings. The summed E-state index contributed by atoms with van der Waals surface area (Å²) in [6.07, 6.45) is -0.201. The lowest BCUT2D eigenvalue weighted by atomic mass is 9.74. The Balaban J connectivity index is 1.66. The number of amides is 1. The van der Waals surface area contributed by atoms with Crippen molar-refractivity contribution in [3.8, 4) is 0 Å². The average Bonchev–Trinajstić information content (AvgIpc) is 3.53. The lowest BCUT2D eigenvalue weighted by molar-refractivity contribution is -0.152. The Morgan fingerprint density at radius 2 is 1.79 bits per heavy atom. The van der Waals surface area contributed by atoms with E-state index in [4.69, 9.17) is 27.9 Å². The minimum atomic E-state index is -4.94. The molecular formula is C25H27Cl2F3N4O5. The number of carboxylic acid groups (broad SMARTS) is 1. The van der Waals surface area contributed by atoms with Crippen molar-refractivity contribution in [2.75, 3.05) is 19.7 Å². The van der Waals surface area contributed by atoms with Gasteiger partial charge in [-0.15, -0.1) is 0 Å². The van der Waals surface area contributed by atoms with Crippen molar-refractivity contribution >= 4 is 40.9 Å². The van der Waals surface area contributed by atoms with Gasteiger partial charge in [0.1, 0.15) is 0 Å². The van der Waals surface area contributed by atoms with Gasteiger partial charge in [0.25, 0.3) is 5.91 Å². The predicted octanol–water partition coefficient (Wildman–Crippen LogP) is 5.31. The summed E-state index contributed by atoms with van der Waals surface area (Å²) < 4.78 is 49.5. The van der Waals surface area contributed by atoms with E-state index >= 15 is 0 Å². The molecule has 0 unspecified atom stereocenters. The standard InChI is InChI=1S/C25H27Cl2F3N4O5/c1-24(23(37)38)6-4-14(5-7-24)34-21(25(28,29)30)16(9-32-34)22(36)33(12-15-3-2-8-39-15)13-19(35)20-17(26)10-31-11-18(20)27/h9-11,14-15H,2-8,12-13H2,1H3,(H,37,38)/t14-,15-,24-/m1/s1. The number of Topliss-reactive ketones (excluding diaryl/α,β-unsaturated/α-hetero) is 1. The monoisotopic (exact) mass is 590 g/mol. The highest BCUT2D eigenvalue weighted by Crippen LogP contribution is 2.43. The molecule has 2 fully saturated rings. The van der Waals surface area contributed by atoms with Crippen molar-refractivity contribution in [2.24, 2.45) is 5.41 Å². The van der Waals surface area contributed by atoms with E-state index in [0.29, 0.717) is 19.4 Å². The van der Waals surface area contributed by atoms with E-state index in [2.05, 4.69) is 10.1 Å². The summed E-state index contributed by atoms with van der Waals surface area (Å²) in [5, 5.41) is 13.3. The van der Waals surface area contributed by atoms with E-state index in [1.54, 1.807) is 6.92 Å². The summed E-state index contributed by atoms with van der Waals surface area (Å²) >= 11 is 12.2. The molecule has 1 aliphatic heterocycles. The normalized spacial score (nSPS) is 23.5. The molecule has 1 atom stereocenters. The van der Waals surface area contributed by atoms with Gasteiger partial charge in [0.15, 0.2) is 11.5 Å². The van der Waals surface area contributed by atoms with Crippen LogP contribution < -0.4 is 0 Å². The second-order valence-electron chi connectivity index (χ2n) is 10.2. The highest BCUT2D eigenvalue weighted by Gasteiger charge is 2.45. The zero-order chi connectivity index (χ0) is 28.5. The van der Waals surface area contributed by atoms with Crippen LogP contribution in [-0.2, 0) is 15.7 Å². The van der Waals surface area contributed by atoms with E-state index < -0.39 is 59.2 Å². The molecule has 2 aromatic heterocycles. The molecule has 0 spiro atoms. The van der Waals surface area contributed by atoms with Crippen molar-refractivity contribution < 1.29 is 37.4 Å². The molecule has 2 aliphatic rings. The number of ketones is 1. The van der Waals surface area contributed by atoms with E-state index in [1.165, 1.54) is 12.4 Å². The number of halogens is 5. The van der Waals surface area contributed by atoms with Crippen LogP contribution in [0.15, 0.2) is 18.6 Å². The molecule has 0 radical (unpaired) electrons. The van der Waals surface area contributed by atoms with Crippen molar-refractivity contribution in [3.63, 3.8) is 0 Å². The highest BCUT2D eigenvalue weighted by molar-refractivity contribution is 6.39. The van der Waals surface area contributed by atoms with Gasteiger partial charge in [0, 0.05) is 25.5 Å². The predicted molar refractivity (Wildman–Crippen MR) is 134 cm³/mol. The van der Waals surface area contributed by atoms with Gasteiger partial charge in [-0.05, 0) is 45.4 Å². The number of carboxylic acids is 1. The Kier molecular flexibility index (Phi) is 8.58. The molecule has 3 heterocycles. The molecule has 1 N–H and O–H groups in total. The number of hydrogen-bond acceptors (Lipinski definition) is 6. The summed E-state index contributed by atoms with van der Waals surface area (Å²) in [6.45, 7) is 1.29. The molecule has 0 bridgehead atoms. The van der Waals surface area contributed by atoms with Gasteiger partial charge >= 0.3 is 12.1 Å². The van der Waals surface area contributed by atoms with Crippen LogP contribution in [0.4, 0.5) is 13.2 Å². The van der Waals surface area contributed by atoms with E-state index in [-0.39, 0.29) is 47.8 Å². The number of alkyl halides is 3. The summed E-state index contributed by atoms with van der Waals surface area (Å²) in [5.74, 6) is -2.71. The fraction of sp³-hybridized carbons (Fsp3) is 0.560. The number of carbonyl (C=O) groups excluding carboxylic acids is 2. The smallest absolute Gasteiger partial charge is 0.433 e. The molecule has 39 heavy (non-hydrogen) atoms. The quantitative estimate of drug-likeness (QED) is 0.414. The molecule has 1 saturated carbocycles. The Bertz CT molecular complexity index is 1230. The number of nitrogens with zero attached hydrogens (tertiary/aromatic N) is 4. The Morgan fingerprint density at radius 1 is 1.15 bits per heavy atom. The maximum absolute atomic E-state index is 14.4. The van der Waals surface area contributed by atoms with Crippen LogP contribution >= 0.6 is 23.2 Å². The number of aromatic nitrogens is 3. The molecule has 1 saturated heterocycles. The van der Waals surface area contributed by atoms with Gasteiger partial charge in [-0.3, -0.25) is 24.0 Å². The molecule has 212 valence electrons. The van der Waals surface area contributed by atoms with Crippen molar-refractivity contribution in [3.05, 3.63) is 45.5 Å². The first-order valence-corrected chi connectivity index (χ1v) is 13.2. The first-order valence-electron chi connectivity index (χ1n) is 12.4. The van der Waals surface area contributed by atoms with Crippen LogP contribution in [0.3, 0.4) is 0 Å². The van der Waals surface area contributed by atoms with Gasteiger partial charge in [-0.1, -0.05) is 23.2 Å². The van der Waals surface area contributed by atoms with Gasteiger partial charge in [0.05, 0.1) is 51.5 Å².